The predicted molar refractivity (Wildman–Crippen MR) is 82.2 cm³/mol. The second-order valence-electron chi connectivity index (χ2n) is 4.43. The van der Waals surface area contributed by atoms with Gasteiger partial charge in [-0.15, -0.1) is 0 Å². The molecule has 1 heterocycles. The van der Waals surface area contributed by atoms with Crippen molar-refractivity contribution in [3.05, 3.63) is 32.4 Å². The van der Waals surface area contributed by atoms with Gasteiger partial charge in [0.1, 0.15) is 0 Å². The molecular formula is C13H16ClIN2O. The van der Waals surface area contributed by atoms with Crippen molar-refractivity contribution < 1.29 is 4.79 Å². The van der Waals surface area contributed by atoms with Gasteiger partial charge in [0.05, 0.1) is 5.02 Å². The molecule has 0 saturated carbocycles. The molecule has 0 spiro atoms. The van der Waals surface area contributed by atoms with Gasteiger partial charge in [-0.2, -0.15) is 0 Å². The summed E-state index contributed by atoms with van der Waals surface area (Å²) in [6, 6.07) is 5.38. The number of halogens is 2. The van der Waals surface area contributed by atoms with Crippen molar-refractivity contribution in [2.75, 3.05) is 26.2 Å². The van der Waals surface area contributed by atoms with Crippen LogP contribution in [-0.2, 0) is 0 Å². The highest BCUT2D eigenvalue weighted by Crippen LogP contribution is 2.19. The molecule has 1 aromatic carbocycles. The molecule has 98 valence electrons. The SMILES string of the molecule is O=C(NCCN1CCCC1)c1ccc(I)c(Cl)c1. The van der Waals surface area contributed by atoms with Crippen molar-refractivity contribution in [2.24, 2.45) is 0 Å². The fraction of sp³-hybridized carbons (Fsp3) is 0.462. The topological polar surface area (TPSA) is 32.3 Å². The lowest BCUT2D eigenvalue weighted by atomic mass is 10.2. The number of nitrogens with one attached hydrogen (secondary N) is 1. The maximum atomic E-state index is 11.9. The summed E-state index contributed by atoms with van der Waals surface area (Å²) < 4.78 is 0.961. The van der Waals surface area contributed by atoms with Gasteiger partial charge >= 0.3 is 0 Å². The number of carbonyl (C=O) groups is 1. The Morgan fingerprint density at radius 2 is 2.11 bits per heavy atom. The maximum absolute atomic E-state index is 11.9. The fourth-order valence-corrected chi connectivity index (χ4v) is 2.59. The molecule has 1 amide bonds. The van der Waals surface area contributed by atoms with Crippen molar-refractivity contribution in [3.8, 4) is 0 Å². The first-order valence-corrected chi connectivity index (χ1v) is 7.58. The van der Waals surface area contributed by atoms with E-state index < -0.39 is 0 Å². The summed E-state index contributed by atoms with van der Waals surface area (Å²) in [6.07, 6.45) is 2.56. The zero-order chi connectivity index (χ0) is 13.0. The van der Waals surface area contributed by atoms with Crippen LogP contribution in [0.2, 0.25) is 5.02 Å². The smallest absolute Gasteiger partial charge is 0.251 e. The molecule has 1 aliphatic rings. The molecule has 2 rings (SSSR count). The van der Waals surface area contributed by atoms with Gasteiger partial charge in [-0.05, 0) is 66.7 Å². The van der Waals surface area contributed by atoms with Crippen molar-refractivity contribution in [2.45, 2.75) is 12.8 Å². The Labute approximate surface area is 126 Å². The van der Waals surface area contributed by atoms with E-state index in [9.17, 15) is 4.79 Å². The number of hydrogen-bond acceptors (Lipinski definition) is 2. The van der Waals surface area contributed by atoms with E-state index in [2.05, 4.69) is 32.8 Å². The van der Waals surface area contributed by atoms with E-state index in [0.29, 0.717) is 17.1 Å². The number of amides is 1. The molecule has 0 unspecified atom stereocenters. The summed E-state index contributed by atoms with van der Waals surface area (Å²) in [7, 11) is 0. The lowest BCUT2D eigenvalue weighted by molar-refractivity contribution is 0.0949. The zero-order valence-corrected chi connectivity index (χ0v) is 13.0. The van der Waals surface area contributed by atoms with Gasteiger partial charge < -0.3 is 10.2 Å². The first-order valence-electron chi connectivity index (χ1n) is 6.12. The van der Waals surface area contributed by atoms with Crippen LogP contribution in [0.15, 0.2) is 18.2 Å². The minimum Gasteiger partial charge on any atom is -0.351 e. The second-order valence-corrected chi connectivity index (χ2v) is 6.00. The number of nitrogens with zero attached hydrogens (tertiary/aromatic N) is 1. The van der Waals surface area contributed by atoms with Gasteiger partial charge in [-0.25, -0.2) is 0 Å². The Morgan fingerprint density at radius 3 is 2.78 bits per heavy atom. The van der Waals surface area contributed by atoms with Gasteiger partial charge in [0, 0.05) is 22.2 Å². The highest BCUT2D eigenvalue weighted by atomic mass is 127. The van der Waals surface area contributed by atoms with Crippen LogP contribution in [0.5, 0.6) is 0 Å². The average Bonchev–Trinajstić information content (AvgIpc) is 2.85. The zero-order valence-electron chi connectivity index (χ0n) is 10.1. The molecule has 5 heteroatoms. The highest BCUT2D eigenvalue weighted by molar-refractivity contribution is 14.1. The molecule has 3 nitrogen and oxygen atoms in total. The van der Waals surface area contributed by atoms with Crippen molar-refractivity contribution in [1.29, 1.82) is 0 Å². The van der Waals surface area contributed by atoms with Crippen LogP contribution in [-0.4, -0.2) is 37.0 Å². The standard InChI is InChI=1S/C13H16ClIN2O/c14-11-9-10(3-4-12(11)15)13(18)16-5-8-17-6-1-2-7-17/h3-4,9H,1-2,5-8H2,(H,16,18). The first-order chi connectivity index (χ1) is 8.66. The Morgan fingerprint density at radius 1 is 1.39 bits per heavy atom. The minimum absolute atomic E-state index is 0.0486. The highest BCUT2D eigenvalue weighted by Gasteiger charge is 2.12. The summed E-state index contributed by atoms with van der Waals surface area (Å²) in [5, 5.41) is 3.56. The summed E-state index contributed by atoms with van der Waals surface area (Å²) in [6.45, 7) is 3.95. The molecular weight excluding hydrogens is 363 g/mol. The lowest BCUT2D eigenvalue weighted by Crippen LogP contribution is -2.33. The molecule has 0 radical (unpaired) electrons. The lowest BCUT2D eigenvalue weighted by Gasteiger charge is -2.14. The molecule has 18 heavy (non-hydrogen) atoms. The van der Waals surface area contributed by atoms with E-state index in [4.69, 9.17) is 11.6 Å². The number of benzene rings is 1. The minimum atomic E-state index is -0.0486. The van der Waals surface area contributed by atoms with Gasteiger partial charge in [-0.1, -0.05) is 11.6 Å². The molecule has 0 aliphatic carbocycles. The molecule has 1 aliphatic heterocycles. The number of carbonyl (C=O) groups excluding carboxylic acids is 1. The van der Waals surface area contributed by atoms with E-state index in [1.807, 2.05) is 6.07 Å². The largest absolute Gasteiger partial charge is 0.351 e. The third kappa shape index (κ3) is 3.83. The summed E-state index contributed by atoms with van der Waals surface area (Å²) in [5.41, 5.74) is 0.627. The van der Waals surface area contributed by atoms with E-state index in [1.165, 1.54) is 12.8 Å². The predicted octanol–water partition coefficient (Wildman–Crippen LogP) is 2.77. The number of rotatable bonds is 4. The summed E-state index contributed by atoms with van der Waals surface area (Å²) in [4.78, 5) is 14.3. The monoisotopic (exact) mass is 378 g/mol. The van der Waals surface area contributed by atoms with Crippen LogP contribution < -0.4 is 5.32 Å². The average molecular weight is 379 g/mol. The van der Waals surface area contributed by atoms with Gasteiger partial charge in [-0.3, -0.25) is 4.79 Å². The van der Waals surface area contributed by atoms with Crippen molar-refractivity contribution in [1.82, 2.24) is 10.2 Å². The summed E-state index contributed by atoms with van der Waals surface area (Å²) >= 11 is 8.15. The Balaban J connectivity index is 1.81. The molecule has 0 bridgehead atoms. The number of likely N-dealkylation sites (tertiary alicyclic amines) is 1. The van der Waals surface area contributed by atoms with Gasteiger partial charge in [0.25, 0.3) is 5.91 Å². The number of hydrogen-bond donors (Lipinski definition) is 1. The van der Waals surface area contributed by atoms with E-state index >= 15 is 0 Å². The van der Waals surface area contributed by atoms with Crippen LogP contribution in [0.1, 0.15) is 23.2 Å². The third-order valence-corrected chi connectivity index (χ3v) is 4.67. The quantitative estimate of drug-likeness (QED) is 0.817. The van der Waals surface area contributed by atoms with Crippen LogP contribution >= 0.6 is 34.2 Å². The van der Waals surface area contributed by atoms with Crippen molar-refractivity contribution in [3.63, 3.8) is 0 Å². The molecule has 1 aromatic rings. The van der Waals surface area contributed by atoms with Crippen LogP contribution in [0, 0.1) is 3.57 Å². The molecule has 1 fully saturated rings. The summed E-state index contributed by atoms with van der Waals surface area (Å²) in [5.74, 6) is -0.0486. The Hall–Kier alpha value is -0.330. The van der Waals surface area contributed by atoms with E-state index in [0.717, 1.165) is 23.2 Å². The van der Waals surface area contributed by atoms with Crippen LogP contribution in [0.3, 0.4) is 0 Å². The Bertz CT molecular complexity index is 433. The maximum Gasteiger partial charge on any atom is 0.251 e. The molecule has 1 saturated heterocycles. The third-order valence-electron chi connectivity index (χ3n) is 3.09. The van der Waals surface area contributed by atoms with Gasteiger partial charge in [0.2, 0.25) is 0 Å². The molecule has 1 N–H and O–H groups in total. The van der Waals surface area contributed by atoms with Crippen LogP contribution in [0.4, 0.5) is 0 Å². The van der Waals surface area contributed by atoms with Crippen molar-refractivity contribution >= 4 is 40.1 Å². The van der Waals surface area contributed by atoms with Crippen LogP contribution in [0.25, 0.3) is 0 Å². The van der Waals surface area contributed by atoms with E-state index in [-0.39, 0.29) is 5.91 Å². The molecule has 0 aromatic heterocycles. The molecule has 0 atom stereocenters. The normalized spacial score (nSPS) is 15.9. The van der Waals surface area contributed by atoms with Gasteiger partial charge in [0.15, 0.2) is 0 Å². The second kappa shape index (κ2) is 6.73. The van der Waals surface area contributed by atoms with E-state index in [1.54, 1.807) is 12.1 Å². The fourth-order valence-electron chi connectivity index (χ4n) is 2.07. The first kappa shape index (κ1) is 14.1. The Kier molecular flexibility index (Phi) is 5.26.